The van der Waals surface area contributed by atoms with Crippen LogP contribution in [0, 0.1) is 6.92 Å². The summed E-state index contributed by atoms with van der Waals surface area (Å²) in [4.78, 5) is 24.5. The van der Waals surface area contributed by atoms with Crippen LogP contribution in [0.4, 0.5) is 4.79 Å². The van der Waals surface area contributed by atoms with Crippen LogP contribution in [0.1, 0.15) is 71.3 Å². The van der Waals surface area contributed by atoms with Crippen LogP contribution in [0.2, 0.25) is 0 Å². The quantitative estimate of drug-likeness (QED) is 0.674. The van der Waals surface area contributed by atoms with Crippen LogP contribution in [0.15, 0.2) is 42.5 Å². The van der Waals surface area contributed by atoms with Gasteiger partial charge < -0.3 is 10.6 Å². The maximum Gasteiger partial charge on any atom is 0.315 e. The predicted octanol–water partition coefficient (Wildman–Crippen LogP) is 4.90. The average molecular weight is 379 g/mol. The number of fused-ring (bicyclic) bond motifs is 1. The van der Waals surface area contributed by atoms with Gasteiger partial charge in [0.2, 0.25) is 0 Å². The molecule has 0 heterocycles. The van der Waals surface area contributed by atoms with Gasteiger partial charge >= 0.3 is 6.03 Å². The molecule has 1 atom stereocenters. The molecule has 1 unspecified atom stereocenters. The Morgan fingerprint density at radius 3 is 2.43 bits per heavy atom. The molecule has 0 spiro atoms. The summed E-state index contributed by atoms with van der Waals surface area (Å²) < 4.78 is 0. The number of carbonyl (C=O) groups is 2. The lowest BCUT2D eigenvalue weighted by atomic mass is 9.89. The van der Waals surface area contributed by atoms with Gasteiger partial charge in [-0.2, -0.15) is 0 Å². The molecule has 4 nitrogen and oxygen atoms in total. The second-order valence-electron chi connectivity index (χ2n) is 7.64. The minimum absolute atomic E-state index is 0.0139. The fourth-order valence-electron chi connectivity index (χ4n) is 3.77. The molecule has 28 heavy (non-hydrogen) atoms. The summed E-state index contributed by atoms with van der Waals surface area (Å²) in [5.74, 6) is 0.0435. The van der Waals surface area contributed by atoms with E-state index < -0.39 is 0 Å². The highest BCUT2D eigenvalue weighted by atomic mass is 16.2. The fourth-order valence-corrected chi connectivity index (χ4v) is 3.77. The molecule has 0 aromatic heterocycles. The van der Waals surface area contributed by atoms with E-state index in [4.69, 9.17) is 0 Å². The van der Waals surface area contributed by atoms with Gasteiger partial charge in [-0.15, -0.1) is 0 Å². The van der Waals surface area contributed by atoms with E-state index in [1.807, 2.05) is 31.2 Å². The molecular weight excluding hydrogens is 348 g/mol. The first-order valence-corrected chi connectivity index (χ1v) is 10.3. The smallest absolute Gasteiger partial charge is 0.315 e. The molecule has 0 bridgehead atoms. The van der Waals surface area contributed by atoms with Crippen LogP contribution in [0.3, 0.4) is 0 Å². The average Bonchev–Trinajstić information content (AvgIpc) is 2.72. The summed E-state index contributed by atoms with van der Waals surface area (Å²) in [6, 6.07) is 13.9. The maximum absolute atomic E-state index is 12.3. The Labute approximate surface area is 167 Å². The molecule has 1 aliphatic rings. The number of ketones is 1. The Hall–Kier alpha value is -2.62. The molecule has 3 rings (SSSR count). The number of urea groups is 1. The fraction of sp³-hybridized carbons (Fsp3) is 0.417. The number of benzene rings is 2. The van der Waals surface area contributed by atoms with Gasteiger partial charge in [0, 0.05) is 18.5 Å². The van der Waals surface area contributed by atoms with Gasteiger partial charge in [-0.3, -0.25) is 4.79 Å². The molecule has 0 fully saturated rings. The van der Waals surface area contributed by atoms with Crippen molar-refractivity contribution in [1.82, 2.24) is 10.6 Å². The topological polar surface area (TPSA) is 58.2 Å². The lowest BCUT2D eigenvalue weighted by Crippen LogP contribution is -2.38. The van der Waals surface area contributed by atoms with E-state index in [-0.39, 0.29) is 17.9 Å². The number of aryl methyl sites for hydroxylation is 3. The van der Waals surface area contributed by atoms with Gasteiger partial charge in [0.15, 0.2) is 5.78 Å². The predicted molar refractivity (Wildman–Crippen MR) is 113 cm³/mol. The van der Waals surface area contributed by atoms with Gasteiger partial charge in [0.25, 0.3) is 0 Å². The number of hydrogen-bond donors (Lipinski definition) is 2. The van der Waals surface area contributed by atoms with E-state index in [0.29, 0.717) is 18.5 Å². The lowest BCUT2D eigenvalue weighted by molar-refractivity contribution is 0.0983. The normalized spacial score (nSPS) is 14.1. The highest BCUT2D eigenvalue weighted by Crippen LogP contribution is 2.26. The molecule has 0 saturated heterocycles. The van der Waals surface area contributed by atoms with Crippen LogP contribution in [0.25, 0.3) is 0 Å². The number of carbonyl (C=O) groups excluding carboxylic acids is 2. The standard InChI is InChI=1S/C24H30N2O2/c1-3-22(21-13-12-18-6-4-5-7-20(18)16-21)26-24(28)25-15-14-23(27)19-10-8-17(2)9-11-19/h8-13,16,22H,3-7,14-15H2,1-2H3,(H2,25,26,28). The summed E-state index contributed by atoms with van der Waals surface area (Å²) >= 11 is 0. The van der Waals surface area contributed by atoms with Crippen LogP contribution < -0.4 is 10.6 Å². The minimum Gasteiger partial charge on any atom is -0.338 e. The van der Waals surface area contributed by atoms with Crippen molar-refractivity contribution in [1.29, 1.82) is 0 Å². The molecule has 2 aromatic rings. The number of amides is 2. The monoisotopic (exact) mass is 378 g/mol. The Morgan fingerprint density at radius 1 is 1.00 bits per heavy atom. The highest BCUT2D eigenvalue weighted by molar-refractivity contribution is 5.96. The summed E-state index contributed by atoms with van der Waals surface area (Å²) in [6.45, 7) is 4.40. The zero-order chi connectivity index (χ0) is 19.9. The summed E-state index contributed by atoms with van der Waals surface area (Å²) in [5.41, 5.74) is 5.85. The highest BCUT2D eigenvalue weighted by Gasteiger charge is 2.16. The second-order valence-corrected chi connectivity index (χ2v) is 7.64. The Kier molecular flexibility index (Phi) is 6.85. The van der Waals surface area contributed by atoms with Crippen LogP contribution in [-0.4, -0.2) is 18.4 Å². The van der Waals surface area contributed by atoms with Gasteiger partial charge in [0.05, 0.1) is 6.04 Å². The molecule has 0 aliphatic heterocycles. The molecule has 0 radical (unpaired) electrons. The first-order chi connectivity index (χ1) is 13.6. The molecule has 2 N–H and O–H groups in total. The van der Waals surface area contributed by atoms with E-state index in [9.17, 15) is 9.59 Å². The zero-order valence-electron chi connectivity index (χ0n) is 16.9. The summed E-state index contributed by atoms with van der Waals surface area (Å²) in [6.07, 6.45) is 5.94. The number of nitrogens with one attached hydrogen (secondary N) is 2. The molecule has 148 valence electrons. The Balaban J connectivity index is 1.50. The van der Waals surface area contributed by atoms with Gasteiger partial charge in [0.1, 0.15) is 0 Å². The van der Waals surface area contributed by atoms with E-state index in [0.717, 1.165) is 30.4 Å². The first-order valence-electron chi connectivity index (χ1n) is 10.3. The van der Waals surface area contributed by atoms with Crippen LogP contribution >= 0.6 is 0 Å². The van der Waals surface area contributed by atoms with E-state index in [1.165, 1.54) is 24.0 Å². The third kappa shape index (κ3) is 5.22. The summed E-state index contributed by atoms with van der Waals surface area (Å²) in [5, 5.41) is 5.87. The molecule has 4 heteroatoms. The molecule has 2 aromatic carbocycles. The van der Waals surface area contributed by atoms with Crippen LogP contribution in [0.5, 0.6) is 0 Å². The van der Waals surface area contributed by atoms with Crippen molar-refractivity contribution in [2.45, 2.75) is 58.4 Å². The van der Waals surface area contributed by atoms with Crippen molar-refractivity contribution in [3.63, 3.8) is 0 Å². The molecule has 2 amide bonds. The van der Waals surface area contributed by atoms with Crippen molar-refractivity contribution >= 4 is 11.8 Å². The van der Waals surface area contributed by atoms with Crippen LogP contribution in [-0.2, 0) is 12.8 Å². The van der Waals surface area contributed by atoms with Gasteiger partial charge in [-0.25, -0.2) is 4.79 Å². The maximum atomic E-state index is 12.3. The first kappa shape index (κ1) is 20.1. The van der Waals surface area contributed by atoms with E-state index in [1.54, 1.807) is 0 Å². The van der Waals surface area contributed by atoms with E-state index in [2.05, 4.69) is 35.8 Å². The zero-order valence-corrected chi connectivity index (χ0v) is 16.9. The van der Waals surface area contributed by atoms with Crippen molar-refractivity contribution in [3.05, 3.63) is 70.3 Å². The number of Topliss-reactive ketones (excluding diaryl/α,β-unsaturated/α-hetero) is 1. The molecule has 1 aliphatic carbocycles. The molecular formula is C24H30N2O2. The second kappa shape index (κ2) is 9.54. The largest absolute Gasteiger partial charge is 0.338 e. The van der Waals surface area contributed by atoms with Gasteiger partial charge in [-0.1, -0.05) is 55.0 Å². The molecule has 0 saturated carbocycles. The van der Waals surface area contributed by atoms with Crippen molar-refractivity contribution in [2.75, 3.05) is 6.54 Å². The van der Waals surface area contributed by atoms with Crippen molar-refractivity contribution in [2.24, 2.45) is 0 Å². The SMILES string of the molecule is CCC(NC(=O)NCCC(=O)c1ccc(C)cc1)c1ccc2c(c1)CCCC2. The number of hydrogen-bond acceptors (Lipinski definition) is 2. The Bertz CT molecular complexity index is 827. The minimum atomic E-state index is -0.221. The third-order valence-corrected chi connectivity index (χ3v) is 5.50. The van der Waals surface area contributed by atoms with Gasteiger partial charge in [-0.05, 0) is 55.7 Å². The summed E-state index contributed by atoms with van der Waals surface area (Å²) in [7, 11) is 0. The Morgan fingerprint density at radius 2 is 1.71 bits per heavy atom. The lowest BCUT2D eigenvalue weighted by Gasteiger charge is -2.22. The van der Waals surface area contributed by atoms with Crippen molar-refractivity contribution in [3.8, 4) is 0 Å². The third-order valence-electron chi connectivity index (χ3n) is 5.50. The van der Waals surface area contributed by atoms with E-state index >= 15 is 0 Å². The van der Waals surface area contributed by atoms with Crippen molar-refractivity contribution < 1.29 is 9.59 Å². The number of rotatable bonds is 7.